The molecule has 1 aliphatic rings. The maximum atomic E-state index is 13.8. The summed E-state index contributed by atoms with van der Waals surface area (Å²) in [6.07, 6.45) is 4.12. The molecule has 1 fully saturated rings. The smallest absolute Gasteiger partial charge is 0.260 e. The Bertz CT molecular complexity index is 1000. The Morgan fingerprint density at radius 2 is 1.90 bits per heavy atom. The summed E-state index contributed by atoms with van der Waals surface area (Å²) in [5.41, 5.74) is 3.53. The SMILES string of the molecule is COc1ccc(N(C(=O)c2cc(C)n(-c3ccccn3)c2C)C(C)C2CC2)cc1. The predicted octanol–water partition coefficient (Wildman–Crippen LogP) is 4.94. The quantitative estimate of drug-likeness (QED) is 0.600. The van der Waals surface area contributed by atoms with Gasteiger partial charge in [-0.05, 0) is 82.0 Å². The van der Waals surface area contributed by atoms with Crippen molar-refractivity contribution in [3.63, 3.8) is 0 Å². The number of aromatic nitrogens is 2. The zero-order valence-corrected chi connectivity index (χ0v) is 17.4. The van der Waals surface area contributed by atoms with Gasteiger partial charge in [-0.1, -0.05) is 6.07 Å². The van der Waals surface area contributed by atoms with E-state index >= 15 is 0 Å². The van der Waals surface area contributed by atoms with Gasteiger partial charge in [0.2, 0.25) is 0 Å². The largest absolute Gasteiger partial charge is 0.497 e. The molecule has 1 aliphatic carbocycles. The van der Waals surface area contributed by atoms with E-state index in [1.807, 2.05) is 71.8 Å². The molecule has 1 atom stereocenters. The molecular formula is C24H27N3O2. The lowest BCUT2D eigenvalue weighted by atomic mass is 10.1. The number of amides is 1. The number of aryl methyl sites for hydroxylation is 1. The predicted molar refractivity (Wildman–Crippen MR) is 115 cm³/mol. The van der Waals surface area contributed by atoms with Crippen molar-refractivity contribution in [1.82, 2.24) is 9.55 Å². The van der Waals surface area contributed by atoms with E-state index in [1.165, 1.54) is 12.8 Å². The minimum absolute atomic E-state index is 0.0323. The zero-order valence-electron chi connectivity index (χ0n) is 17.4. The van der Waals surface area contributed by atoms with Gasteiger partial charge in [0, 0.05) is 29.3 Å². The molecule has 0 radical (unpaired) electrons. The third-order valence-electron chi connectivity index (χ3n) is 5.82. The summed E-state index contributed by atoms with van der Waals surface area (Å²) in [4.78, 5) is 20.2. The minimum atomic E-state index is 0.0323. The van der Waals surface area contributed by atoms with Gasteiger partial charge in [-0.2, -0.15) is 0 Å². The average Bonchev–Trinajstić information content (AvgIpc) is 3.54. The van der Waals surface area contributed by atoms with Crippen LogP contribution >= 0.6 is 0 Å². The summed E-state index contributed by atoms with van der Waals surface area (Å²) in [6.45, 7) is 6.15. The standard InChI is InChI=1S/C24H27N3O2/c1-16-15-22(18(3)26(16)23-7-5-6-14-25-23)24(28)27(17(2)19-8-9-19)20-10-12-21(29-4)13-11-20/h5-7,10-15,17,19H,8-9H2,1-4H3. The lowest BCUT2D eigenvalue weighted by Gasteiger charge is -2.30. The van der Waals surface area contributed by atoms with Gasteiger partial charge in [0.25, 0.3) is 5.91 Å². The van der Waals surface area contributed by atoms with Crippen molar-refractivity contribution in [3.8, 4) is 11.6 Å². The minimum Gasteiger partial charge on any atom is -0.497 e. The first-order valence-electron chi connectivity index (χ1n) is 10.1. The molecule has 0 N–H and O–H groups in total. The highest BCUT2D eigenvalue weighted by Crippen LogP contribution is 2.38. The van der Waals surface area contributed by atoms with Crippen molar-refractivity contribution in [2.24, 2.45) is 5.92 Å². The molecule has 5 nitrogen and oxygen atoms in total. The topological polar surface area (TPSA) is 47.4 Å². The fourth-order valence-corrected chi connectivity index (χ4v) is 4.02. The van der Waals surface area contributed by atoms with Crippen LogP contribution in [0.2, 0.25) is 0 Å². The fourth-order valence-electron chi connectivity index (χ4n) is 4.02. The zero-order chi connectivity index (χ0) is 20.5. The van der Waals surface area contributed by atoms with Crippen LogP contribution in [0.5, 0.6) is 5.75 Å². The Morgan fingerprint density at radius 3 is 2.48 bits per heavy atom. The second-order valence-electron chi connectivity index (χ2n) is 7.76. The Balaban J connectivity index is 1.75. The highest BCUT2D eigenvalue weighted by atomic mass is 16.5. The molecule has 1 saturated carbocycles. The van der Waals surface area contributed by atoms with Crippen LogP contribution in [0.1, 0.15) is 41.5 Å². The number of benzene rings is 1. The van der Waals surface area contributed by atoms with Crippen LogP contribution in [0.3, 0.4) is 0 Å². The van der Waals surface area contributed by atoms with Crippen molar-refractivity contribution in [2.75, 3.05) is 12.0 Å². The van der Waals surface area contributed by atoms with Gasteiger partial charge in [-0.15, -0.1) is 0 Å². The first kappa shape index (κ1) is 19.2. The van der Waals surface area contributed by atoms with Gasteiger partial charge in [0.15, 0.2) is 0 Å². The second-order valence-corrected chi connectivity index (χ2v) is 7.76. The van der Waals surface area contributed by atoms with Crippen LogP contribution in [0, 0.1) is 19.8 Å². The van der Waals surface area contributed by atoms with Gasteiger partial charge < -0.3 is 14.2 Å². The van der Waals surface area contributed by atoms with Gasteiger partial charge in [-0.3, -0.25) is 4.79 Å². The van der Waals surface area contributed by atoms with Crippen molar-refractivity contribution >= 4 is 11.6 Å². The maximum Gasteiger partial charge on any atom is 0.260 e. The highest BCUT2D eigenvalue weighted by Gasteiger charge is 2.36. The van der Waals surface area contributed by atoms with E-state index in [4.69, 9.17) is 4.74 Å². The molecule has 1 amide bonds. The van der Waals surface area contributed by atoms with Gasteiger partial charge >= 0.3 is 0 Å². The van der Waals surface area contributed by atoms with Crippen LogP contribution in [-0.2, 0) is 0 Å². The summed E-state index contributed by atoms with van der Waals surface area (Å²) in [6, 6.07) is 15.7. The first-order valence-corrected chi connectivity index (χ1v) is 10.1. The van der Waals surface area contributed by atoms with E-state index in [0.29, 0.717) is 5.92 Å². The van der Waals surface area contributed by atoms with Gasteiger partial charge in [0.1, 0.15) is 11.6 Å². The molecule has 0 saturated heterocycles. The number of methoxy groups -OCH3 is 1. The Kier molecular flexibility index (Phi) is 5.14. The molecule has 0 spiro atoms. The molecule has 29 heavy (non-hydrogen) atoms. The van der Waals surface area contributed by atoms with Crippen molar-refractivity contribution in [2.45, 2.75) is 39.7 Å². The van der Waals surface area contributed by atoms with Crippen molar-refractivity contribution in [1.29, 1.82) is 0 Å². The van der Waals surface area contributed by atoms with E-state index in [0.717, 1.165) is 34.2 Å². The fraction of sp³-hybridized carbons (Fsp3) is 0.333. The Morgan fingerprint density at radius 1 is 1.17 bits per heavy atom. The normalized spacial score (nSPS) is 14.5. The average molecular weight is 389 g/mol. The van der Waals surface area contributed by atoms with Crippen LogP contribution in [0.15, 0.2) is 54.7 Å². The summed E-state index contributed by atoms with van der Waals surface area (Å²) in [5.74, 6) is 2.20. The highest BCUT2D eigenvalue weighted by molar-refractivity contribution is 6.07. The lowest BCUT2D eigenvalue weighted by molar-refractivity contribution is 0.0975. The van der Waals surface area contributed by atoms with E-state index in [1.54, 1.807) is 13.3 Å². The molecule has 2 heterocycles. The summed E-state index contributed by atoms with van der Waals surface area (Å²) < 4.78 is 7.33. The maximum absolute atomic E-state index is 13.8. The van der Waals surface area contributed by atoms with Gasteiger partial charge in [-0.25, -0.2) is 4.98 Å². The second kappa shape index (κ2) is 7.74. The summed E-state index contributed by atoms with van der Waals surface area (Å²) >= 11 is 0. The Hall–Kier alpha value is -3.08. The molecule has 1 unspecified atom stereocenters. The van der Waals surface area contributed by atoms with Crippen molar-refractivity contribution < 1.29 is 9.53 Å². The number of hydrogen-bond donors (Lipinski definition) is 0. The molecule has 0 bridgehead atoms. The van der Waals surface area contributed by atoms with Crippen LogP contribution in [-0.4, -0.2) is 28.6 Å². The number of anilines is 1. The molecule has 0 aliphatic heterocycles. The molecule has 150 valence electrons. The first-order chi connectivity index (χ1) is 14.0. The number of pyridine rings is 1. The molecule has 1 aromatic carbocycles. The van der Waals surface area contributed by atoms with Crippen LogP contribution in [0.25, 0.3) is 5.82 Å². The number of carbonyl (C=O) groups excluding carboxylic acids is 1. The Labute approximate surface area is 171 Å². The molecule has 3 aromatic rings. The molecular weight excluding hydrogens is 362 g/mol. The molecule has 2 aromatic heterocycles. The number of hydrogen-bond acceptors (Lipinski definition) is 3. The lowest BCUT2D eigenvalue weighted by Crippen LogP contribution is -2.40. The van der Waals surface area contributed by atoms with Crippen LogP contribution < -0.4 is 9.64 Å². The number of rotatable bonds is 6. The number of ether oxygens (including phenoxy) is 1. The van der Waals surface area contributed by atoms with E-state index < -0.39 is 0 Å². The molecule has 4 rings (SSSR count). The van der Waals surface area contributed by atoms with Gasteiger partial charge in [0.05, 0.1) is 12.7 Å². The molecule has 5 heteroatoms. The van der Waals surface area contributed by atoms with E-state index in [2.05, 4.69) is 11.9 Å². The number of nitrogens with zero attached hydrogens (tertiary/aromatic N) is 3. The van der Waals surface area contributed by atoms with E-state index in [-0.39, 0.29) is 11.9 Å². The summed E-state index contributed by atoms with van der Waals surface area (Å²) in [5, 5.41) is 0. The third-order valence-corrected chi connectivity index (χ3v) is 5.82. The number of carbonyl (C=O) groups is 1. The summed E-state index contributed by atoms with van der Waals surface area (Å²) in [7, 11) is 1.65. The monoisotopic (exact) mass is 389 g/mol. The van der Waals surface area contributed by atoms with E-state index in [9.17, 15) is 4.79 Å². The van der Waals surface area contributed by atoms with Crippen LogP contribution in [0.4, 0.5) is 5.69 Å². The third kappa shape index (κ3) is 3.65. The van der Waals surface area contributed by atoms with Crippen molar-refractivity contribution in [3.05, 3.63) is 71.7 Å².